The van der Waals surface area contributed by atoms with Gasteiger partial charge in [0.1, 0.15) is 11.3 Å². The molecule has 2 N–H and O–H groups in total. The number of aromatic nitrogens is 1. The van der Waals surface area contributed by atoms with E-state index in [1.807, 2.05) is 49.5 Å². The SMILES string of the molecule is CN1CCC(N(C)c2nc3cc(NC(=O)c4ccc(-c5ccc(O)cc5)s4)ccc3o2)CC1. The second kappa shape index (κ2) is 8.88. The number of hydrogen-bond donors (Lipinski definition) is 2. The fourth-order valence-electron chi connectivity index (χ4n) is 4.12. The van der Waals surface area contributed by atoms with Crippen molar-refractivity contribution < 1.29 is 14.3 Å². The second-order valence-corrected chi connectivity index (χ2v) is 9.57. The van der Waals surface area contributed by atoms with Crippen LogP contribution in [0.15, 0.2) is 59.0 Å². The number of phenols is 1. The Hall–Kier alpha value is -3.36. The molecule has 7 nitrogen and oxygen atoms in total. The lowest BCUT2D eigenvalue weighted by molar-refractivity contribution is 0.103. The fraction of sp³-hybridized carbons (Fsp3) is 0.280. The Bertz CT molecular complexity index is 1270. The van der Waals surface area contributed by atoms with Crippen LogP contribution in [-0.2, 0) is 0 Å². The molecule has 1 saturated heterocycles. The number of thiophene rings is 1. The number of carbonyl (C=O) groups excluding carboxylic acids is 1. The van der Waals surface area contributed by atoms with Crippen LogP contribution in [0, 0.1) is 0 Å². The Labute approximate surface area is 196 Å². The van der Waals surface area contributed by atoms with E-state index in [-0.39, 0.29) is 11.7 Å². The number of rotatable bonds is 5. The highest BCUT2D eigenvalue weighted by molar-refractivity contribution is 7.17. The van der Waals surface area contributed by atoms with Crippen LogP contribution in [0.5, 0.6) is 5.75 Å². The zero-order valence-electron chi connectivity index (χ0n) is 18.6. The Morgan fingerprint density at radius 3 is 2.67 bits per heavy atom. The van der Waals surface area contributed by atoms with Gasteiger partial charge in [-0.15, -0.1) is 11.3 Å². The van der Waals surface area contributed by atoms with Crippen molar-refractivity contribution >= 4 is 40.0 Å². The van der Waals surface area contributed by atoms with Crippen molar-refractivity contribution in [1.82, 2.24) is 9.88 Å². The van der Waals surface area contributed by atoms with Gasteiger partial charge in [0.2, 0.25) is 0 Å². The molecule has 8 heteroatoms. The highest BCUT2D eigenvalue weighted by Gasteiger charge is 2.24. The lowest BCUT2D eigenvalue weighted by Gasteiger charge is -2.34. The number of fused-ring (bicyclic) bond motifs is 1. The third kappa shape index (κ3) is 4.58. The van der Waals surface area contributed by atoms with Gasteiger partial charge in [0.15, 0.2) is 5.58 Å². The summed E-state index contributed by atoms with van der Waals surface area (Å²) in [6.07, 6.45) is 2.17. The van der Waals surface area contributed by atoms with Gasteiger partial charge in [0, 0.05) is 23.7 Å². The molecule has 1 fully saturated rings. The van der Waals surface area contributed by atoms with Gasteiger partial charge in [-0.25, -0.2) is 0 Å². The van der Waals surface area contributed by atoms with Crippen LogP contribution in [0.3, 0.4) is 0 Å². The number of piperidine rings is 1. The lowest BCUT2D eigenvalue weighted by atomic mass is 10.0. The van der Waals surface area contributed by atoms with Gasteiger partial charge in [-0.2, -0.15) is 4.98 Å². The number of anilines is 2. The van der Waals surface area contributed by atoms with Crippen molar-refractivity contribution in [3.05, 3.63) is 59.5 Å². The maximum absolute atomic E-state index is 12.8. The molecule has 2 aromatic carbocycles. The normalized spacial score (nSPS) is 15.1. The molecule has 1 aliphatic heterocycles. The minimum absolute atomic E-state index is 0.170. The quantitative estimate of drug-likeness (QED) is 0.432. The summed E-state index contributed by atoms with van der Waals surface area (Å²) in [6.45, 7) is 2.14. The van der Waals surface area contributed by atoms with Crippen molar-refractivity contribution in [2.75, 3.05) is 37.4 Å². The van der Waals surface area contributed by atoms with Gasteiger partial charge in [-0.1, -0.05) is 0 Å². The summed E-state index contributed by atoms with van der Waals surface area (Å²) in [6, 6.07) is 17.2. The molecule has 33 heavy (non-hydrogen) atoms. The van der Waals surface area contributed by atoms with Crippen LogP contribution in [0.25, 0.3) is 21.5 Å². The monoisotopic (exact) mass is 462 g/mol. The van der Waals surface area contributed by atoms with Gasteiger partial charge in [0.05, 0.1) is 4.88 Å². The first-order valence-electron chi connectivity index (χ1n) is 11.0. The number of amides is 1. The second-order valence-electron chi connectivity index (χ2n) is 8.49. The smallest absolute Gasteiger partial charge is 0.298 e. The maximum atomic E-state index is 12.8. The minimum atomic E-state index is -0.170. The standard InChI is InChI=1S/C25H26N4O3S/c1-28-13-11-18(12-14-28)29(2)25-27-20-15-17(5-8-21(20)32-25)26-24(31)23-10-9-22(33-23)16-3-6-19(30)7-4-16/h3-10,15,18,30H,11-14H2,1-2H3,(H,26,31). The Kier molecular flexibility index (Phi) is 5.78. The highest BCUT2D eigenvalue weighted by atomic mass is 32.1. The number of phenolic OH excluding ortho intramolecular Hbond substituents is 1. The predicted octanol–water partition coefficient (Wildman–Crippen LogP) is 5.04. The first-order chi connectivity index (χ1) is 16.0. The number of nitrogens with one attached hydrogen (secondary N) is 1. The molecule has 0 radical (unpaired) electrons. The van der Waals surface area contributed by atoms with Gasteiger partial charge in [-0.05, 0) is 93.1 Å². The number of aromatic hydroxyl groups is 1. The molecule has 5 rings (SSSR count). The molecule has 0 spiro atoms. The molecule has 2 aromatic heterocycles. The van der Waals surface area contributed by atoms with Gasteiger partial charge in [0.25, 0.3) is 11.9 Å². The third-order valence-electron chi connectivity index (χ3n) is 6.15. The molecule has 3 heterocycles. The van der Waals surface area contributed by atoms with Crippen LogP contribution in [0.4, 0.5) is 11.7 Å². The fourth-order valence-corrected chi connectivity index (χ4v) is 5.02. The van der Waals surface area contributed by atoms with Crippen molar-refractivity contribution in [3.8, 4) is 16.2 Å². The van der Waals surface area contributed by atoms with Crippen LogP contribution in [-0.4, -0.2) is 54.1 Å². The van der Waals surface area contributed by atoms with Crippen LogP contribution in [0.2, 0.25) is 0 Å². The van der Waals surface area contributed by atoms with E-state index in [0.29, 0.717) is 28.2 Å². The number of nitrogens with zero attached hydrogens (tertiary/aromatic N) is 3. The molecular weight excluding hydrogens is 436 g/mol. The zero-order chi connectivity index (χ0) is 22.9. The molecule has 0 saturated carbocycles. The number of carbonyl (C=O) groups is 1. The predicted molar refractivity (Wildman–Crippen MR) is 132 cm³/mol. The molecule has 0 aliphatic carbocycles. The van der Waals surface area contributed by atoms with E-state index in [1.54, 1.807) is 12.1 Å². The Balaban J connectivity index is 1.29. The van der Waals surface area contributed by atoms with Gasteiger partial charge >= 0.3 is 0 Å². The average Bonchev–Trinajstić information content (AvgIpc) is 3.47. The zero-order valence-corrected chi connectivity index (χ0v) is 19.4. The van der Waals surface area contributed by atoms with Crippen LogP contribution >= 0.6 is 11.3 Å². The first-order valence-corrected chi connectivity index (χ1v) is 11.8. The van der Waals surface area contributed by atoms with E-state index in [0.717, 1.165) is 41.9 Å². The summed E-state index contributed by atoms with van der Waals surface area (Å²) < 4.78 is 5.99. The molecule has 170 valence electrons. The van der Waals surface area contributed by atoms with Gasteiger partial charge in [-0.3, -0.25) is 4.79 Å². The summed E-state index contributed by atoms with van der Waals surface area (Å²) >= 11 is 1.41. The Morgan fingerprint density at radius 1 is 1.15 bits per heavy atom. The minimum Gasteiger partial charge on any atom is -0.508 e. The number of likely N-dealkylation sites (tertiary alicyclic amines) is 1. The highest BCUT2D eigenvalue weighted by Crippen LogP contribution is 2.31. The molecular formula is C25H26N4O3S. The molecule has 1 aliphatic rings. The maximum Gasteiger partial charge on any atom is 0.298 e. The summed E-state index contributed by atoms with van der Waals surface area (Å²) in [7, 11) is 4.18. The molecule has 1 amide bonds. The van der Waals surface area contributed by atoms with E-state index in [9.17, 15) is 9.90 Å². The van der Waals surface area contributed by atoms with Crippen LogP contribution in [0.1, 0.15) is 22.5 Å². The van der Waals surface area contributed by atoms with E-state index in [2.05, 4.69) is 27.1 Å². The van der Waals surface area contributed by atoms with Crippen molar-refractivity contribution in [2.45, 2.75) is 18.9 Å². The largest absolute Gasteiger partial charge is 0.508 e. The van der Waals surface area contributed by atoms with E-state index in [1.165, 1.54) is 11.3 Å². The summed E-state index contributed by atoms with van der Waals surface area (Å²) in [5, 5.41) is 12.4. The number of benzene rings is 2. The van der Waals surface area contributed by atoms with E-state index in [4.69, 9.17) is 4.42 Å². The Morgan fingerprint density at radius 2 is 1.91 bits per heavy atom. The summed E-state index contributed by atoms with van der Waals surface area (Å²) in [4.78, 5) is 23.5. The topological polar surface area (TPSA) is 81.8 Å². The van der Waals surface area contributed by atoms with Crippen molar-refractivity contribution in [3.63, 3.8) is 0 Å². The number of oxazole rings is 1. The molecule has 0 bridgehead atoms. The van der Waals surface area contributed by atoms with E-state index < -0.39 is 0 Å². The first kappa shape index (κ1) is 21.5. The summed E-state index contributed by atoms with van der Waals surface area (Å²) in [5.41, 5.74) is 3.06. The lowest BCUT2D eigenvalue weighted by Crippen LogP contribution is -2.42. The van der Waals surface area contributed by atoms with Crippen molar-refractivity contribution in [1.29, 1.82) is 0 Å². The molecule has 0 unspecified atom stereocenters. The average molecular weight is 463 g/mol. The van der Waals surface area contributed by atoms with E-state index >= 15 is 0 Å². The number of hydrogen-bond acceptors (Lipinski definition) is 7. The molecule has 0 atom stereocenters. The van der Waals surface area contributed by atoms with Crippen molar-refractivity contribution in [2.24, 2.45) is 0 Å². The third-order valence-corrected chi connectivity index (χ3v) is 7.29. The summed E-state index contributed by atoms with van der Waals surface area (Å²) in [5.74, 6) is 0.0498. The van der Waals surface area contributed by atoms with Crippen LogP contribution < -0.4 is 10.2 Å². The van der Waals surface area contributed by atoms with Gasteiger partial charge < -0.3 is 24.6 Å². The molecule has 4 aromatic rings.